The zero-order valence-electron chi connectivity index (χ0n) is 12.1. The molecule has 0 spiro atoms. The van der Waals surface area contributed by atoms with Gasteiger partial charge in [0.15, 0.2) is 0 Å². The minimum Gasteiger partial charge on any atom is -0.309 e. The third kappa shape index (κ3) is 6.74. The van der Waals surface area contributed by atoms with E-state index in [-0.39, 0.29) is 0 Å². The SMILES string of the molecule is C[C@@H](CNN[C@H](C)Cc1ccccc1)CN(C)C. The Morgan fingerprint density at radius 3 is 2.39 bits per heavy atom. The molecule has 3 heteroatoms. The second-order valence-electron chi connectivity index (χ2n) is 5.48. The summed E-state index contributed by atoms with van der Waals surface area (Å²) in [6.45, 7) is 6.58. The van der Waals surface area contributed by atoms with Crippen LogP contribution in [0.3, 0.4) is 0 Å². The van der Waals surface area contributed by atoms with Crippen LogP contribution in [0.15, 0.2) is 30.3 Å². The van der Waals surface area contributed by atoms with Gasteiger partial charge in [-0.25, -0.2) is 0 Å². The molecular formula is C15H27N3. The van der Waals surface area contributed by atoms with Crippen LogP contribution in [-0.4, -0.2) is 38.1 Å². The Kier molecular flexibility index (Phi) is 6.94. The van der Waals surface area contributed by atoms with E-state index in [9.17, 15) is 0 Å². The highest BCUT2D eigenvalue weighted by molar-refractivity contribution is 5.15. The van der Waals surface area contributed by atoms with Crippen molar-refractivity contribution >= 4 is 0 Å². The van der Waals surface area contributed by atoms with E-state index < -0.39 is 0 Å². The molecule has 0 aliphatic heterocycles. The van der Waals surface area contributed by atoms with Gasteiger partial charge in [-0.2, -0.15) is 0 Å². The summed E-state index contributed by atoms with van der Waals surface area (Å²) < 4.78 is 0. The van der Waals surface area contributed by atoms with Crippen molar-refractivity contribution in [1.82, 2.24) is 15.8 Å². The maximum atomic E-state index is 3.37. The molecule has 0 amide bonds. The van der Waals surface area contributed by atoms with Gasteiger partial charge in [-0.1, -0.05) is 37.3 Å². The molecule has 0 unspecified atom stereocenters. The van der Waals surface area contributed by atoms with Crippen LogP contribution in [-0.2, 0) is 6.42 Å². The molecule has 0 saturated carbocycles. The van der Waals surface area contributed by atoms with Gasteiger partial charge in [-0.15, -0.1) is 0 Å². The number of benzene rings is 1. The minimum atomic E-state index is 0.443. The van der Waals surface area contributed by atoms with Crippen LogP contribution in [0, 0.1) is 5.92 Å². The monoisotopic (exact) mass is 249 g/mol. The largest absolute Gasteiger partial charge is 0.309 e. The predicted molar refractivity (Wildman–Crippen MR) is 78.5 cm³/mol. The molecular weight excluding hydrogens is 222 g/mol. The van der Waals surface area contributed by atoms with Crippen LogP contribution < -0.4 is 10.9 Å². The molecule has 0 radical (unpaired) electrons. The summed E-state index contributed by atoms with van der Waals surface area (Å²) in [6.07, 6.45) is 1.05. The fourth-order valence-corrected chi connectivity index (χ4v) is 2.11. The highest BCUT2D eigenvalue weighted by Crippen LogP contribution is 2.02. The standard InChI is InChI=1S/C15H27N3/c1-13(12-18(3)4)11-16-17-14(2)10-15-8-6-5-7-9-15/h5-9,13-14,16-17H,10-12H2,1-4H3/t13-,14+/m0/s1. The third-order valence-electron chi connectivity index (χ3n) is 2.86. The van der Waals surface area contributed by atoms with Crippen LogP contribution in [0.25, 0.3) is 0 Å². The van der Waals surface area contributed by atoms with Crippen molar-refractivity contribution < 1.29 is 0 Å². The molecule has 2 N–H and O–H groups in total. The molecule has 2 atom stereocenters. The van der Waals surface area contributed by atoms with Crippen molar-refractivity contribution in [2.45, 2.75) is 26.3 Å². The molecule has 0 bridgehead atoms. The van der Waals surface area contributed by atoms with Gasteiger partial charge >= 0.3 is 0 Å². The second-order valence-corrected chi connectivity index (χ2v) is 5.48. The van der Waals surface area contributed by atoms with Gasteiger partial charge < -0.3 is 4.90 Å². The van der Waals surface area contributed by atoms with E-state index in [4.69, 9.17) is 0 Å². The molecule has 0 aromatic heterocycles. The number of hydrazine groups is 1. The number of nitrogens with zero attached hydrogens (tertiary/aromatic N) is 1. The van der Waals surface area contributed by atoms with Gasteiger partial charge in [0.25, 0.3) is 0 Å². The van der Waals surface area contributed by atoms with Gasteiger partial charge in [0.2, 0.25) is 0 Å². The molecule has 0 heterocycles. The Bertz CT molecular complexity index is 311. The Labute approximate surface area is 112 Å². The number of nitrogens with one attached hydrogen (secondary N) is 2. The summed E-state index contributed by atoms with van der Waals surface area (Å²) in [6, 6.07) is 11.0. The lowest BCUT2D eigenvalue weighted by Gasteiger charge is -2.20. The number of hydrogen-bond donors (Lipinski definition) is 2. The Balaban J connectivity index is 2.16. The molecule has 1 aromatic carbocycles. The second kappa shape index (κ2) is 8.25. The predicted octanol–water partition coefficient (Wildman–Crippen LogP) is 1.91. The molecule has 0 aliphatic carbocycles. The molecule has 0 saturated heterocycles. The van der Waals surface area contributed by atoms with E-state index in [1.807, 2.05) is 0 Å². The zero-order valence-corrected chi connectivity index (χ0v) is 12.1. The quantitative estimate of drug-likeness (QED) is 0.689. The zero-order chi connectivity index (χ0) is 13.4. The minimum absolute atomic E-state index is 0.443. The van der Waals surface area contributed by atoms with Gasteiger partial charge in [0.05, 0.1) is 0 Å². The average molecular weight is 249 g/mol. The normalized spacial score (nSPS) is 14.7. The van der Waals surface area contributed by atoms with E-state index in [0.29, 0.717) is 12.0 Å². The maximum absolute atomic E-state index is 3.37. The van der Waals surface area contributed by atoms with Crippen molar-refractivity contribution in [3.05, 3.63) is 35.9 Å². The third-order valence-corrected chi connectivity index (χ3v) is 2.86. The smallest absolute Gasteiger partial charge is 0.0225 e. The first-order chi connectivity index (χ1) is 8.58. The lowest BCUT2D eigenvalue weighted by Crippen LogP contribution is -2.43. The van der Waals surface area contributed by atoms with Crippen LogP contribution >= 0.6 is 0 Å². The van der Waals surface area contributed by atoms with Gasteiger partial charge in [0, 0.05) is 19.1 Å². The first-order valence-electron chi connectivity index (χ1n) is 6.75. The Hall–Kier alpha value is -0.900. The lowest BCUT2D eigenvalue weighted by molar-refractivity contribution is 0.312. The summed E-state index contributed by atoms with van der Waals surface area (Å²) in [5.41, 5.74) is 8.08. The van der Waals surface area contributed by atoms with E-state index in [1.54, 1.807) is 0 Å². The molecule has 3 nitrogen and oxygen atoms in total. The molecule has 0 fully saturated rings. The van der Waals surface area contributed by atoms with E-state index in [1.165, 1.54) is 5.56 Å². The van der Waals surface area contributed by atoms with Gasteiger partial charge in [-0.3, -0.25) is 10.9 Å². The van der Waals surface area contributed by atoms with E-state index >= 15 is 0 Å². The molecule has 0 aliphatic rings. The highest BCUT2D eigenvalue weighted by atomic mass is 15.4. The van der Waals surface area contributed by atoms with Gasteiger partial charge in [-0.05, 0) is 38.9 Å². The molecule has 1 rings (SSSR count). The van der Waals surface area contributed by atoms with Crippen molar-refractivity contribution in [2.24, 2.45) is 5.92 Å². The van der Waals surface area contributed by atoms with Crippen LogP contribution in [0.2, 0.25) is 0 Å². The highest BCUT2D eigenvalue weighted by Gasteiger charge is 2.05. The summed E-state index contributed by atoms with van der Waals surface area (Å²) in [5.74, 6) is 0.649. The van der Waals surface area contributed by atoms with Crippen LogP contribution in [0.4, 0.5) is 0 Å². The summed E-state index contributed by atoms with van der Waals surface area (Å²) in [4.78, 5) is 2.22. The van der Waals surface area contributed by atoms with E-state index in [2.05, 4.69) is 74.0 Å². The van der Waals surface area contributed by atoms with Crippen molar-refractivity contribution in [1.29, 1.82) is 0 Å². The average Bonchev–Trinajstić information content (AvgIpc) is 2.29. The Morgan fingerprint density at radius 2 is 1.78 bits per heavy atom. The first-order valence-corrected chi connectivity index (χ1v) is 6.75. The van der Waals surface area contributed by atoms with Crippen molar-refractivity contribution in [3.63, 3.8) is 0 Å². The van der Waals surface area contributed by atoms with Crippen molar-refractivity contribution in [3.8, 4) is 0 Å². The molecule has 102 valence electrons. The topological polar surface area (TPSA) is 27.3 Å². The summed E-state index contributed by atoms with van der Waals surface area (Å²) in [5, 5.41) is 0. The fraction of sp³-hybridized carbons (Fsp3) is 0.600. The molecule has 1 aromatic rings. The first kappa shape index (κ1) is 15.2. The van der Waals surface area contributed by atoms with Gasteiger partial charge in [0.1, 0.15) is 0 Å². The Morgan fingerprint density at radius 1 is 1.11 bits per heavy atom. The molecule has 18 heavy (non-hydrogen) atoms. The van der Waals surface area contributed by atoms with Crippen molar-refractivity contribution in [2.75, 3.05) is 27.2 Å². The van der Waals surface area contributed by atoms with E-state index in [0.717, 1.165) is 19.5 Å². The summed E-state index contributed by atoms with van der Waals surface area (Å²) in [7, 11) is 4.23. The fourth-order valence-electron chi connectivity index (χ4n) is 2.11. The van der Waals surface area contributed by atoms with Crippen LogP contribution in [0.1, 0.15) is 19.4 Å². The summed E-state index contributed by atoms with van der Waals surface area (Å²) >= 11 is 0. The lowest BCUT2D eigenvalue weighted by atomic mass is 10.1. The van der Waals surface area contributed by atoms with Crippen LogP contribution in [0.5, 0.6) is 0 Å². The maximum Gasteiger partial charge on any atom is 0.0225 e. The number of rotatable bonds is 8. The number of hydrogen-bond acceptors (Lipinski definition) is 3.